The molecule has 0 saturated carbocycles. The Kier molecular flexibility index (Phi) is 2.78. The van der Waals surface area contributed by atoms with E-state index in [-0.39, 0.29) is 6.10 Å². The van der Waals surface area contributed by atoms with E-state index < -0.39 is 0 Å². The molecule has 1 unspecified atom stereocenters. The van der Waals surface area contributed by atoms with E-state index in [0.29, 0.717) is 5.82 Å². The molecule has 0 bridgehead atoms. The molecule has 0 spiro atoms. The Morgan fingerprint density at radius 3 is 3.00 bits per heavy atom. The molecule has 2 N–H and O–H groups in total. The van der Waals surface area contributed by atoms with Gasteiger partial charge >= 0.3 is 0 Å². The van der Waals surface area contributed by atoms with Crippen molar-refractivity contribution in [2.75, 3.05) is 12.3 Å². The van der Waals surface area contributed by atoms with Crippen LogP contribution in [0, 0.1) is 6.92 Å². The molecule has 1 aliphatic heterocycles. The average molecular weight is 260 g/mol. The molecule has 1 aromatic heterocycles. The molecule has 2 rings (SSSR count). The van der Waals surface area contributed by atoms with E-state index in [9.17, 15) is 0 Å². The Morgan fingerprint density at radius 1 is 1.71 bits per heavy atom. The van der Waals surface area contributed by atoms with Crippen LogP contribution in [0.4, 0.5) is 5.82 Å². The number of aryl methyl sites for hydroxylation is 1. The van der Waals surface area contributed by atoms with E-state index in [4.69, 9.17) is 10.5 Å². The van der Waals surface area contributed by atoms with Gasteiger partial charge in [0, 0.05) is 6.61 Å². The van der Waals surface area contributed by atoms with Gasteiger partial charge in [-0.1, -0.05) is 0 Å². The normalized spacial score (nSPS) is 21.7. The van der Waals surface area contributed by atoms with Crippen molar-refractivity contribution >= 4 is 21.7 Å². The van der Waals surface area contributed by atoms with Crippen LogP contribution >= 0.6 is 15.9 Å². The fourth-order valence-electron chi connectivity index (χ4n) is 1.70. The standard InChI is InChI=1S/C9H14BrN3O/c1-6-8(10)9(11)13(12-6)5-7-3-2-4-14-7/h7H,2-5,11H2,1H3. The molecular weight excluding hydrogens is 246 g/mol. The van der Waals surface area contributed by atoms with Gasteiger partial charge in [0.25, 0.3) is 0 Å². The first-order chi connectivity index (χ1) is 6.68. The van der Waals surface area contributed by atoms with Crippen LogP contribution in [0.15, 0.2) is 4.47 Å². The monoisotopic (exact) mass is 259 g/mol. The van der Waals surface area contributed by atoms with Gasteiger partial charge in [0.2, 0.25) is 0 Å². The zero-order valence-corrected chi connectivity index (χ0v) is 9.75. The molecule has 1 atom stereocenters. The maximum atomic E-state index is 5.88. The second-order valence-corrected chi connectivity index (χ2v) is 4.39. The number of hydrogen-bond acceptors (Lipinski definition) is 3. The van der Waals surface area contributed by atoms with Crippen LogP contribution in [0.1, 0.15) is 18.5 Å². The molecule has 4 nitrogen and oxygen atoms in total. The quantitative estimate of drug-likeness (QED) is 0.880. The molecule has 2 heterocycles. The summed E-state index contributed by atoms with van der Waals surface area (Å²) < 4.78 is 8.24. The third-order valence-electron chi connectivity index (χ3n) is 2.49. The van der Waals surface area contributed by atoms with Crippen LogP contribution in [0.25, 0.3) is 0 Å². The predicted octanol–water partition coefficient (Wildman–Crippen LogP) is 1.72. The summed E-state index contributed by atoms with van der Waals surface area (Å²) >= 11 is 3.40. The third kappa shape index (κ3) is 1.79. The van der Waals surface area contributed by atoms with Crippen molar-refractivity contribution in [3.63, 3.8) is 0 Å². The molecule has 0 aliphatic carbocycles. The minimum atomic E-state index is 0.281. The van der Waals surface area contributed by atoms with Crippen molar-refractivity contribution < 1.29 is 4.74 Å². The summed E-state index contributed by atoms with van der Waals surface area (Å²) in [5, 5.41) is 4.34. The van der Waals surface area contributed by atoms with Crippen LogP contribution in [-0.2, 0) is 11.3 Å². The van der Waals surface area contributed by atoms with Crippen LogP contribution in [0.3, 0.4) is 0 Å². The summed E-state index contributed by atoms with van der Waals surface area (Å²) in [5.41, 5.74) is 6.81. The molecule has 14 heavy (non-hydrogen) atoms. The van der Waals surface area contributed by atoms with Crippen LogP contribution in [0.2, 0.25) is 0 Å². The Bertz CT molecular complexity index is 331. The van der Waals surface area contributed by atoms with E-state index in [2.05, 4.69) is 21.0 Å². The van der Waals surface area contributed by atoms with Gasteiger partial charge in [-0.3, -0.25) is 0 Å². The SMILES string of the molecule is Cc1nn(CC2CCCO2)c(N)c1Br. The van der Waals surface area contributed by atoms with Crippen molar-refractivity contribution in [2.24, 2.45) is 0 Å². The second-order valence-electron chi connectivity index (χ2n) is 3.60. The smallest absolute Gasteiger partial charge is 0.136 e. The van der Waals surface area contributed by atoms with Crippen molar-refractivity contribution in [1.29, 1.82) is 0 Å². The average Bonchev–Trinajstić information content (AvgIpc) is 2.73. The van der Waals surface area contributed by atoms with E-state index in [1.807, 2.05) is 11.6 Å². The van der Waals surface area contributed by atoms with Crippen LogP contribution < -0.4 is 5.73 Å². The minimum Gasteiger partial charge on any atom is -0.383 e. The van der Waals surface area contributed by atoms with Gasteiger partial charge in [-0.05, 0) is 35.7 Å². The van der Waals surface area contributed by atoms with Gasteiger partial charge in [-0.25, -0.2) is 4.68 Å². The maximum absolute atomic E-state index is 5.88. The van der Waals surface area contributed by atoms with E-state index in [0.717, 1.165) is 36.2 Å². The second kappa shape index (κ2) is 3.90. The van der Waals surface area contributed by atoms with E-state index >= 15 is 0 Å². The molecule has 1 aromatic rings. The summed E-state index contributed by atoms with van der Waals surface area (Å²) in [6, 6.07) is 0. The van der Waals surface area contributed by atoms with E-state index in [1.165, 1.54) is 0 Å². The molecule has 0 aromatic carbocycles. The Labute approximate surface area is 91.5 Å². The highest BCUT2D eigenvalue weighted by molar-refractivity contribution is 9.10. The first-order valence-corrected chi connectivity index (χ1v) is 5.57. The van der Waals surface area contributed by atoms with Gasteiger partial charge in [-0.2, -0.15) is 5.10 Å². The third-order valence-corrected chi connectivity index (χ3v) is 3.47. The van der Waals surface area contributed by atoms with Gasteiger partial charge < -0.3 is 10.5 Å². The van der Waals surface area contributed by atoms with Crippen molar-refractivity contribution in [1.82, 2.24) is 9.78 Å². The molecule has 5 heteroatoms. The lowest BCUT2D eigenvalue weighted by molar-refractivity contribution is 0.0945. The fourth-order valence-corrected chi connectivity index (χ4v) is 1.98. The molecule has 0 radical (unpaired) electrons. The van der Waals surface area contributed by atoms with Crippen LogP contribution in [-0.4, -0.2) is 22.5 Å². The number of nitrogens with two attached hydrogens (primary N) is 1. The summed E-state index contributed by atoms with van der Waals surface area (Å²) in [6.07, 6.45) is 2.53. The number of anilines is 1. The minimum absolute atomic E-state index is 0.281. The molecule has 1 saturated heterocycles. The molecule has 1 aliphatic rings. The lowest BCUT2D eigenvalue weighted by atomic mass is 10.2. The number of hydrogen-bond donors (Lipinski definition) is 1. The van der Waals surface area contributed by atoms with Crippen molar-refractivity contribution in [3.8, 4) is 0 Å². The van der Waals surface area contributed by atoms with E-state index in [1.54, 1.807) is 0 Å². The van der Waals surface area contributed by atoms with Gasteiger partial charge in [-0.15, -0.1) is 0 Å². The highest BCUT2D eigenvalue weighted by Crippen LogP contribution is 2.24. The number of ether oxygens (including phenoxy) is 1. The Balaban J connectivity index is 2.12. The van der Waals surface area contributed by atoms with Gasteiger partial charge in [0.15, 0.2) is 0 Å². The summed E-state index contributed by atoms with van der Waals surface area (Å²) in [5.74, 6) is 0.693. The number of halogens is 1. The first kappa shape index (κ1) is 9.98. The van der Waals surface area contributed by atoms with Crippen molar-refractivity contribution in [3.05, 3.63) is 10.2 Å². The lowest BCUT2D eigenvalue weighted by Crippen LogP contribution is -2.17. The summed E-state index contributed by atoms with van der Waals surface area (Å²) in [6.45, 7) is 3.57. The number of nitrogens with zero attached hydrogens (tertiary/aromatic N) is 2. The largest absolute Gasteiger partial charge is 0.383 e. The zero-order chi connectivity index (χ0) is 10.1. The fraction of sp³-hybridized carbons (Fsp3) is 0.667. The Hall–Kier alpha value is -0.550. The molecule has 78 valence electrons. The first-order valence-electron chi connectivity index (χ1n) is 4.78. The molecular formula is C9H14BrN3O. The maximum Gasteiger partial charge on any atom is 0.136 e. The van der Waals surface area contributed by atoms with Crippen LogP contribution in [0.5, 0.6) is 0 Å². The van der Waals surface area contributed by atoms with Crippen molar-refractivity contribution in [2.45, 2.75) is 32.4 Å². The summed E-state index contributed by atoms with van der Waals surface area (Å²) in [7, 11) is 0. The molecule has 1 fully saturated rings. The topological polar surface area (TPSA) is 53.1 Å². The van der Waals surface area contributed by atoms with Gasteiger partial charge in [0.1, 0.15) is 5.82 Å². The highest BCUT2D eigenvalue weighted by Gasteiger charge is 2.19. The number of rotatable bonds is 2. The number of aromatic nitrogens is 2. The summed E-state index contributed by atoms with van der Waals surface area (Å²) in [4.78, 5) is 0. The Morgan fingerprint density at radius 2 is 2.50 bits per heavy atom. The highest BCUT2D eigenvalue weighted by atomic mass is 79.9. The molecule has 0 amide bonds. The number of nitrogen functional groups attached to an aromatic ring is 1. The lowest BCUT2D eigenvalue weighted by Gasteiger charge is -2.10. The van der Waals surface area contributed by atoms with Gasteiger partial charge in [0.05, 0.1) is 22.8 Å². The predicted molar refractivity (Wildman–Crippen MR) is 58.1 cm³/mol. The zero-order valence-electron chi connectivity index (χ0n) is 8.16.